The number of aliphatic hydroxyl groups excluding tert-OH is 4. The van der Waals surface area contributed by atoms with Crippen molar-refractivity contribution in [1.82, 2.24) is 0 Å². The number of aliphatic carboxylic acids is 2. The van der Waals surface area contributed by atoms with Crippen molar-refractivity contribution >= 4 is 17.9 Å². The maximum atomic E-state index is 12.4. The largest absolute Gasteiger partial charge is 0.481 e. The Balaban J connectivity index is 1.59. The van der Waals surface area contributed by atoms with Gasteiger partial charge >= 0.3 is 17.9 Å². The zero-order chi connectivity index (χ0) is 28.2. The minimum Gasteiger partial charge on any atom is -0.481 e. The van der Waals surface area contributed by atoms with Crippen LogP contribution in [0.1, 0.15) is 59.3 Å². The number of carbonyl (C=O) groups is 3. The van der Waals surface area contributed by atoms with Gasteiger partial charge < -0.3 is 44.8 Å². The fourth-order valence-electron chi connectivity index (χ4n) is 7.96. The van der Waals surface area contributed by atoms with Gasteiger partial charge in [0, 0.05) is 5.92 Å². The molecular weight excluding hydrogens is 504 g/mol. The highest BCUT2D eigenvalue weighted by molar-refractivity contribution is 5.80. The molecule has 12 atom stereocenters. The van der Waals surface area contributed by atoms with Crippen LogP contribution in [0.5, 0.6) is 0 Å². The van der Waals surface area contributed by atoms with Crippen molar-refractivity contribution in [2.24, 2.45) is 34.5 Å². The molecule has 0 spiro atoms. The summed E-state index contributed by atoms with van der Waals surface area (Å²) in [4.78, 5) is 36.5. The monoisotopic (exact) mass is 544 g/mol. The molecule has 0 aromatic carbocycles. The van der Waals surface area contributed by atoms with Gasteiger partial charge in [0.15, 0.2) is 6.29 Å². The Bertz CT molecular complexity index is 922. The Morgan fingerprint density at radius 3 is 2.37 bits per heavy atom. The molecule has 2 saturated heterocycles. The van der Waals surface area contributed by atoms with E-state index in [0.29, 0.717) is 25.7 Å². The van der Waals surface area contributed by atoms with Crippen LogP contribution >= 0.6 is 0 Å². The molecule has 12 unspecified atom stereocenters. The highest BCUT2D eigenvalue weighted by Crippen LogP contribution is 2.63. The van der Waals surface area contributed by atoms with E-state index < -0.39 is 96.0 Å². The maximum Gasteiger partial charge on any atom is 0.307 e. The molecule has 4 rings (SSSR count). The Labute approximate surface area is 220 Å². The summed E-state index contributed by atoms with van der Waals surface area (Å²) in [6, 6.07) is 0. The molecule has 4 fully saturated rings. The van der Waals surface area contributed by atoms with Crippen LogP contribution in [0.3, 0.4) is 0 Å². The third-order valence-corrected chi connectivity index (χ3v) is 9.83. The molecule has 12 heteroatoms. The van der Waals surface area contributed by atoms with E-state index in [1.165, 1.54) is 0 Å². The molecule has 0 amide bonds. The van der Waals surface area contributed by atoms with Crippen LogP contribution in [0.25, 0.3) is 0 Å². The molecule has 2 aliphatic carbocycles. The van der Waals surface area contributed by atoms with E-state index in [2.05, 4.69) is 0 Å². The van der Waals surface area contributed by atoms with Gasteiger partial charge in [0.1, 0.15) is 30.5 Å². The van der Waals surface area contributed by atoms with Gasteiger partial charge in [-0.15, -0.1) is 0 Å². The molecule has 0 aromatic rings. The average Bonchev–Trinajstić information content (AvgIpc) is 3.12. The lowest BCUT2D eigenvalue weighted by Gasteiger charge is -2.62. The third-order valence-electron chi connectivity index (χ3n) is 9.83. The number of fused-ring (bicyclic) bond motifs is 1. The molecule has 2 aliphatic heterocycles. The molecule has 2 heterocycles. The minimum atomic E-state index is -1.45. The lowest BCUT2D eigenvalue weighted by Crippen LogP contribution is -2.61. The van der Waals surface area contributed by atoms with Gasteiger partial charge in [0.25, 0.3) is 0 Å². The van der Waals surface area contributed by atoms with Gasteiger partial charge in [-0.05, 0) is 48.9 Å². The first-order chi connectivity index (χ1) is 17.7. The molecular formula is C26H40O12. The van der Waals surface area contributed by atoms with Crippen molar-refractivity contribution in [3.63, 3.8) is 0 Å². The summed E-state index contributed by atoms with van der Waals surface area (Å²) >= 11 is 0. The first-order valence-corrected chi connectivity index (χ1v) is 13.3. The van der Waals surface area contributed by atoms with Gasteiger partial charge in [-0.3, -0.25) is 14.4 Å². The summed E-state index contributed by atoms with van der Waals surface area (Å²) in [6.07, 6.45) is -6.36. The molecule has 0 radical (unpaired) electrons. The van der Waals surface area contributed by atoms with E-state index in [1.807, 2.05) is 20.8 Å². The van der Waals surface area contributed by atoms with E-state index in [9.17, 15) is 45.0 Å². The van der Waals surface area contributed by atoms with Crippen molar-refractivity contribution in [3.05, 3.63) is 0 Å². The Hall–Kier alpha value is -1.83. The standard InChI is InChI=1S/C26H40O12/c1-25(2)15-5-4-12(23(34)35)18(14-8-11(22(32)33)9-17(29)36-14)26(15,3)7-6-16(25)37-24-20(31)19(30)21(38-24)13(28)10-27/h11-16,18-21,24,27-28,30-31H,4-10H2,1-3H3,(H,32,33)(H,34,35). The summed E-state index contributed by atoms with van der Waals surface area (Å²) in [6.45, 7) is 5.31. The summed E-state index contributed by atoms with van der Waals surface area (Å²) in [5.74, 6) is -5.15. The van der Waals surface area contributed by atoms with Crippen molar-refractivity contribution < 1.29 is 59.2 Å². The number of hydrogen-bond donors (Lipinski definition) is 6. The van der Waals surface area contributed by atoms with Gasteiger partial charge in [-0.2, -0.15) is 0 Å². The number of cyclic esters (lactones) is 1. The molecule has 2 saturated carbocycles. The third kappa shape index (κ3) is 4.95. The number of ether oxygens (including phenoxy) is 3. The zero-order valence-corrected chi connectivity index (χ0v) is 21.9. The highest BCUT2D eigenvalue weighted by atomic mass is 16.7. The van der Waals surface area contributed by atoms with Crippen LogP contribution in [0.4, 0.5) is 0 Å². The fraction of sp³-hybridized carbons (Fsp3) is 0.885. The normalized spacial score (nSPS) is 45.6. The van der Waals surface area contributed by atoms with Crippen molar-refractivity contribution in [1.29, 1.82) is 0 Å². The second kappa shape index (κ2) is 10.6. The van der Waals surface area contributed by atoms with Crippen molar-refractivity contribution in [3.8, 4) is 0 Å². The Morgan fingerprint density at radius 1 is 1.08 bits per heavy atom. The topological polar surface area (TPSA) is 200 Å². The SMILES string of the molecule is CC1(C)C(OC2OC(C(O)CO)C(O)C2O)CCC2(C)C(C3CC(C(=O)O)CC(=O)O3)C(C(=O)O)CCC12. The van der Waals surface area contributed by atoms with Crippen LogP contribution in [-0.2, 0) is 28.6 Å². The number of esters is 1. The quantitative estimate of drug-likeness (QED) is 0.237. The van der Waals surface area contributed by atoms with Gasteiger partial charge in [-0.1, -0.05) is 20.8 Å². The Morgan fingerprint density at radius 2 is 1.76 bits per heavy atom. The van der Waals surface area contributed by atoms with E-state index in [0.717, 1.165) is 0 Å². The van der Waals surface area contributed by atoms with Gasteiger partial charge in [-0.25, -0.2) is 0 Å². The van der Waals surface area contributed by atoms with Crippen molar-refractivity contribution in [2.45, 2.75) is 102 Å². The fourth-order valence-corrected chi connectivity index (χ4v) is 7.96. The van der Waals surface area contributed by atoms with Crippen LogP contribution in [0.15, 0.2) is 0 Å². The molecule has 216 valence electrons. The predicted molar refractivity (Wildman–Crippen MR) is 127 cm³/mol. The molecule has 4 aliphatic rings. The highest BCUT2D eigenvalue weighted by Gasteiger charge is 2.63. The first-order valence-electron chi connectivity index (χ1n) is 13.3. The number of carbonyl (C=O) groups excluding carboxylic acids is 1. The summed E-state index contributed by atoms with van der Waals surface area (Å²) in [5, 5.41) is 59.7. The average molecular weight is 545 g/mol. The summed E-state index contributed by atoms with van der Waals surface area (Å²) < 4.78 is 17.4. The summed E-state index contributed by atoms with van der Waals surface area (Å²) in [7, 11) is 0. The molecule has 12 nitrogen and oxygen atoms in total. The number of carboxylic acid groups (broad SMARTS) is 2. The summed E-state index contributed by atoms with van der Waals surface area (Å²) in [5.41, 5.74) is -1.18. The lowest BCUT2D eigenvalue weighted by atomic mass is 9.44. The first kappa shape index (κ1) is 29.2. The van der Waals surface area contributed by atoms with Crippen LogP contribution in [0, 0.1) is 34.5 Å². The van der Waals surface area contributed by atoms with Gasteiger partial charge in [0.05, 0.1) is 31.0 Å². The van der Waals surface area contributed by atoms with Crippen LogP contribution in [0.2, 0.25) is 0 Å². The second-order valence-electron chi connectivity index (χ2n) is 12.3. The molecule has 38 heavy (non-hydrogen) atoms. The smallest absolute Gasteiger partial charge is 0.307 e. The second-order valence-corrected chi connectivity index (χ2v) is 12.3. The molecule has 6 N–H and O–H groups in total. The van der Waals surface area contributed by atoms with E-state index in [1.54, 1.807) is 0 Å². The Kier molecular flexibility index (Phi) is 8.15. The molecule has 0 bridgehead atoms. The van der Waals surface area contributed by atoms with Crippen LogP contribution in [-0.4, -0.2) is 98.1 Å². The van der Waals surface area contributed by atoms with Crippen LogP contribution < -0.4 is 0 Å². The number of rotatable bonds is 7. The van der Waals surface area contributed by atoms with E-state index in [4.69, 9.17) is 14.2 Å². The number of carboxylic acids is 2. The zero-order valence-electron chi connectivity index (χ0n) is 21.9. The molecule has 0 aromatic heterocycles. The number of aliphatic hydroxyl groups is 4. The maximum absolute atomic E-state index is 12.4. The van der Waals surface area contributed by atoms with Crippen molar-refractivity contribution in [2.75, 3.05) is 6.61 Å². The predicted octanol–water partition coefficient (Wildman–Crippen LogP) is 0.131. The lowest BCUT2D eigenvalue weighted by molar-refractivity contribution is -0.257. The van der Waals surface area contributed by atoms with Gasteiger partial charge in [0.2, 0.25) is 0 Å². The number of hydrogen-bond acceptors (Lipinski definition) is 10. The van der Waals surface area contributed by atoms with E-state index >= 15 is 0 Å². The van der Waals surface area contributed by atoms with E-state index in [-0.39, 0.29) is 18.8 Å². The minimum absolute atomic E-state index is 0.0623.